The van der Waals surface area contributed by atoms with Gasteiger partial charge < -0.3 is 19.7 Å². The maximum atomic E-state index is 12.8. The normalized spacial score (nSPS) is 11.4. The Kier molecular flexibility index (Phi) is 10.7. The molecule has 5 nitrogen and oxygen atoms in total. The predicted molar refractivity (Wildman–Crippen MR) is 142 cm³/mol. The van der Waals surface area contributed by atoms with E-state index in [0.717, 1.165) is 31.2 Å². The lowest BCUT2D eigenvalue weighted by molar-refractivity contribution is 0.282. The molecular formula is C30H40O5. The maximum absolute atomic E-state index is 12.8. The first-order chi connectivity index (χ1) is 17.0. The smallest absolute Gasteiger partial charge is 0.235 e. The Hall–Kier alpha value is -2.79. The van der Waals surface area contributed by atoms with Crippen LogP contribution in [-0.4, -0.2) is 21.9 Å². The third-order valence-electron chi connectivity index (χ3n) is 6.76. The van der Waals surface area contributed by atoms with E-state index in [1.807, 2.05) is 18.2 Å². The van der Waals surface area contributed by atoms with E-state index in [0.29, 0.717) is 28.7 Å². The van der Waals surface area contributed by atoms with Crippen molar-refractivity contribution >= 4 is 11.0 Å². The molecule has 3 aromatic rings. The van der Waals surface area contributed by atoms with Crippen LogP contribution in [-0.2, 0) is 6.42 Å². The topological polar surface area (TPSA) is 90.9 Å². The summed E-state index contributed by atoms with van der Waals surface area (Å²) in [5, 5.41) is 29.5. The van der Waals surface area contributed by atoms with Gasteiger partial charge in [-0.15, -0.1) is 0 Å². The number of phenols is 1. The first-order valence-corrected chi connectivity index (χ1v) is 13.2. The molecule has 1 aromatic heterocycles. The number of hydrogen-bond donors (Lipinski definition) is 3. The second-order valence-corrected chi connectivity index (χ2v) is 9.66. The first kappa shape index (κ1) is 26.8. The molecule has 2 aromatic carbocycles. The molecule has 3 rings (SSSR count). The van der Waals surface area contributed by atoms with Gasteiger partial charge in [0.25, 0.3) is 0 Å². The van der Waals surface area contributed by atoms with Crippen LogP contribution in [0.15, 0.2) is 45.6 Å². The molecule has 0 unspecified atom stereocenters. The molecule has 0 aliphatic heterocycles. The Balaban J connectivity index is 1.44. The summed E-state index contributed by atoms with van der Waals surface area (Å²) in [6.45, 7) is 2.08. The Morgan fingerprint density at radius 2 is 1.34 bits per heavy atom. The molecule has 0 amide bonds. The lowest BCUT2D eigenvalue weighted by atomic mass is 10.0. The average Bonchev–Trinajstić information content (AvgIpc) is 2.86. The van der Waals surface area contributed by atoms with Crippen LogP contribution in [0.2, 0.25) is 0 Å². The van der Waals surface area contributed by atoms with Crippen LogP contribution in [0.1, 0.15) is 88.2 Å². The second kappa shape index (κ2) is 13.9. The maximum Gasteiger partial charge on any atom is 0.235 e. The monoisotopic (exact) mass is 480 g/mol. The standard InChI is InChI=1S/C30H40O5/c1-22-20-24(16-17-26(22)32)30-29(34)28(33)25-21-23(15-18-27(25)35-30)14-12-10-8-6-4-2-3-5-7-9-11-13-19-31/h15-18,20-21,31-32,34H,2-14,19H2,1H3. The van der Waals surface area contributed by atoms with Crippen molar-refractivity contribution in [2.75, 3.05) is 6.61 Å². The number of benzene rings is 2. The molecule has 5 heteroatoms. The SMILES string of the molecule is Cc1cc(-c2oc3ccc(CCCCCCCCCCCCCCO)cc3c(=O)c2O)ccc1O. The van der Waals surface area contributed by atoms with Crippen LogP contribution in [0.5, 0.6) is 11.5 Å². The second-order valence-electron chi connectivity index (χ2n) is 9.66. The fourth-order valence-electron chi connectivity index (χ4n) is 4.59. The molecular weight excluding hydrogens is 440 g/mol. The first-order valence-electron chi connectivity index (χ1n) is 13.2. The molecule has 0 radical (unpaired) electrons. The van der Waals surface area contributed by atoms with E-state index in [9.17, 15) is 15.0 Å². The number of aryl methyl sites for hydroxylation is 2. The highest BCUT2D eigenvalue weighted by Gasteiger charge is 2.16. The molecule has 190 valence electrons. The summed E-state index contributed by atoms with van der Waals surface area (Å²) in [6, 6.07) is 10.5. The highest BCUT2D eigenvalue weighted by atomic mass is 16.4. The van der Waals surface area contributed by atoms with Crippen LogP contribution < -0.4 is 5.43 Å². The highest BCUT2D eigenvalue weighted by molar-refractivity contribution is 5.82. The fourth-order valence-corrected chi connectivity index (χ4v) is 4.59. The molecule has 0 atom stereocenters. The van der Waals surface area contributed by atoms with Crippen molar-refractivity contribution in [3.05, 3.63) is 57.7 Å². The van der Waals surface area contributed by atoms with E-state index >= 15 is 0 Å². The summed E-state index contributed by atoms with van der Waals surface area (Å²) < 4.78 is 5.89. The number of phenolic OH excluding ortho intramolecular Hbond substituents is 1. The van der Waals surface area contributed by atoms with Crippen molar-refractivity contribution in [3.63, 3.8) is 0 Å². The molecule has 0 aliphatic rings. The van der Waals surface area contributed by atoms with Gasteiger partial charge in [0, 0.05) is 12.2 Å². The highest BCUT2D eigenvalue weighted by Crippen LogP contribution is 2.32. The molecule has 1 heterocycles. The molecule has 35 heavy (non-hydrogen) atoms. The van der Waals surface area contributed by atoms with E-state index in [1.165, 1.54) is 63.9 Å². The number of rotatable bonds is 15. The number of fused-ring (bicyclic) bond motifs is 1. The third-order valence-corrected chi connectivity index (χ3v) is 6.76. The number of aromatic hydroxyl groups is 2. The average molecular weight is 481 g/mol. The minimum atomic E-state index is -0.428. The Morgan fingerprint density at radius 1 is 0.743 bits per heavy atom. The zero-order valence-corrected chi connectivity index (χ0v) is 21.0. The molecule has 0 saturated heterocycles. The molecule has 3 N–H and O–H groups in total. The van der Waals surface area contributed by atoms with Crippen molar-refractivity contribution < 1.29 is 19.7 Å². The van der Waals surface area contributed by atoms with Crippen molar-refractivity contribution in [2.45, 2.75) is 90.4 Å². The minimum absolute atomic E-state index is 0.125. The summed E-state index contributed by atoms with van der Waals surface area (Å²) in [5.41, 5.74) is 2.30. The van der Waals surface area contributed by atoms with Crippen LogP contribution in [0.25, 0.3) is 22.3 Å². The number of aliphatic hydroxyl groups excluding tert-OH is 1. The summed E-state index contributed by atoms with van der Waals surface area (Å²) in [5.74, 6) is -0.118. The van der Waals surface area contributed by atoms with Gasteiger partial charge in [-0.2, -0.15) is 0 Å². The van der Waals surface area contributed by atoms with Gasteiger partial charge in [-0.1, -0.05) is 70.3 Å². The van der Waals surface area contributed by atoms with Crippen LogP contribution in [0.4, 0.5) is 0 Å². The van der Waals surface area contributed by atoms with Gasteiger partial charge in [-0.3, -0.25) is 4.79 Å². The lowest BCUT2D eigenvalue weighted by Gasteiger charge is -2.09. The van der Waals surface area contributed by atoms with Crippen LogP contribution >= 0.6 is 0 Å². The number of unbranched alkanes of at least 4 members (excludes halogenated alkanes) is 11. The largest absolute Gasteiger partial charge is 0.508 e. The van der Waals surface area contributed by atoms with Crippen molar-refractivity contribution in [1.29, 1.82) is 0 Å². The van der Waals surface area contributed by atoms with Crippen LogP contribution in [0.3, 0.4) is 0 Å². The number of aliphatic hydroxyl groups is 1. The van der Waals surface area contributed by atoms with Crippen molar-refractivity contribution in [1.82, 2.24) is 0 Å². The molecule has 0 fully saturated rings. The minimum Gasteiger partial charge on any atom is -0.508 e. The Bertz CT molecular complexity index is 1130. The van der Waals surface area contributed by atoms with Gasteiger partial charge in [0.1, 0.15) is 11.3 Å². The van der Waals surface area contributed by atoms with E-state index in [1.54, 1.807) is 19.1 Å². The Morgan fingerprint density at radius 3 is 1.94 bits per heavy atom. The van der Waals surface area contributed by atoms with Gasteiger partial charge in [-0.05, 0) is 67.6 Å². The van der Waals surface area contributed by atoms with Gasteiger partial charge in [0.15, 0.2) is 5.76 Å². The lowest BCUT2D eigenvalue weighted by Crippen LogP contribution is -2.03. The van der Waals surface area contributed by atoms with Gasteiger partial charge in [0.2, 0.25) is 11.2 Å². The quantitative estimate of drug-likeness (QED) is 0.197. The van der Waals surface area contributed by atoms with Crippen molar-refractivity contribution in [2.24, 2.45) is 0 Å². The van der Waals surface area contributed by atoms with Crippen molar-refractivity contribution in [3.8, 4) is 22.8 Å². The van der Waals surface area contributed by atoms with Gasteiger partial charge in [-0.25, -0.2) is 0 Å². The van der Waals surface area contributed by atoms with E-state index < -0.39 is 11.2 Å². The summed E-state index contributed by atoms with van der Waals surface area (Å²) >= 11 is 0. The molecule has 0 aliphatic carbocycles. The molecule has 0 bridgehead atoms. The molecule has 0 spiro atoms. The fraction of sp³-hybridized carbons (Fsp3) is 0.500. The summed E-state index contributed by atoms with van der Waals surface area (Å²) in [4.78, 5) is 12.8. The zero-order chi connectivity index (χ0) is 25.0. The van der Waals surface area contributed by atoms with Gasteiger partial charge >= 0.3 is 0 Å². The summed E-state index contributed by atoms with van der Waals surface area (Å²) in [6.07, 6.45) is 15.6. The Labute approximate surface area is 208 Å². The van der Waals surface area contributed by atoms with E-state index in [4.69, 9.17) is 9.52 Å². The van der Waals surface area contributed by atoms with E-state index in [-0.39, 0.29) is 11.5 Å². The zero-order valence-electron chi connectivity index (χ0n) is 21.0. The molecule has 0 saturated carbocycles. The van der Waals surface area contributed by atoms with Gasteiger partial charge in [0.05, 0.1) is 5.39 Å². The van der Waals surface area contributed by atoms with Crippen LogP contribution in [0, 0.1) is 6.92 Å². The summed E-state index contributed by atoms with van der Waals surface area (Å²) in [7, 11) is 0. The predicted octanol–water partition coefficient (Wildman–Crippen LogP) is 7.40. The van der Waals surface area contributed by atoms with E-state index in [2.05, 4.69) is 0 Å². The number of hydrogen-bond acceptors (Lipinski definition) is 5. The third kappa shape index (κ3) is 7.86.